The Labute approximate surface area is 197 Å². The maximum absolute atomic E-state index is 11.4. The van der Waals surface area contributed by atoms with Gasteiger partial charge >= 0.3 is 0 Å². The molecule has 0 bridgehead atoms. The zero-order valence-electron chi connectivity index (χ0n) is 17.4. The van der Waals surface area contributed by atoms with Crippen molar-refractivity contribution < 1.29 is 18.3 Å². The minimum atomic E-state index is -3.36. The van der Waals surface area contributed by atoms with Crippen LogP contribution in [0.1, 0.15) is 11.7 Å². The molecular weight excluding hydrogens is 468 g/mol. The van der Waals surface area contributed by atoms with Gasteiger partial charge in [0.1, 0.15) is 12.4 Å². The summed E-state index contributed by atoms with van der Waals surface area (Å²) in [6.07, 6.45) is 0.340. The van der Waals surface area contributed by atoms with Gasteiger partial charge in [0, 0.05) is 38.9 Å². The first-order chi connectivity index (χ1) is 14.9. The van der Waals surface area contributed by atoms with Crippen LogP contribution in [0.5, 0.6) is 5.75 Å². The zero-order chi connectivity index (χ0) is 21.8. The number of aliphatic hydroxyl groups is 1. The Morgan fingerprint density at radius 3 is 2.59 bits per heavy atom. The molecule has 0 aliphatic rings. The summed E-state index contributed by atoms with van der Waals surface area (Å²) in [6.45, 7) is 1.38. The molecule has 4 rings (SSSR count). The van der Waals surface area contributed by atoms with Crippen molar-refractivity contribution in [2.75, 3.05) is 30.7 Å². The maximum atomic E-state index is 11.4. The first kappa shape index (κ1) is 24.3. The lowest BCUT2D eigenvalue weighted by atomic mass is 10.1. The summed E-state index contributed by atoms with van der Waals surface area (Å²) in [4.78, 5) is 0. The van der Waals surface area contributed by atoms with Crippen LogP contribution >= 0.6 is 23.7 Å². The van der Waals surface area contributed by atoms with E-state index in [1.54, 1.807) is 35.6 Å². The number of sulfonamides is 1. The van der Waals surface area contributed by atoms with E-state index in [1.165, 1.54) is 20.2 Å². The minimum absolute atomic E-state index is 0. The van der Waals surface area contributed by atoms with E-state index in [2.05, 4.69) is 40.4 Å². The molecule has 9 heteroatoms. The number of halogens is 1. The average molecular weight is 493 g/mol. The van der Waals surface area contributed by atoms with Crippen LogP contribution in [-0.4, -0.2) is 39.5 Å². The lowest BCUT2D eigenvalue weighted by Crippen LogP contribution is -2.26. The van der Waals surface area contributed by atoms with E-state index < -0.39 is 16.1 Å². The Bertz CT molecular complexity index is 1310. The Morgan fingerprint density at radius 1 is 1.00 bits per heavy atom. The lowest BCUT2D eigenvalue weighted by molar-refractivity contribution is 0.172. The number of hydrogen-bond acceptors (Lipinski definition) is 6. The monoisotopic (exact) mass is 492 g/mol. The van der Waals surface area contributed by atoms with E-state index in [4.69, 9.17) is 4.74 Å². The van der Waals surface area contributed by atoms with Gasteiger partial charge in [-0.25, -0.2) is 8.42 Å². The zero-order valence-corrected chi connectivity index (χ0v) is 19.9. The molecule has 0 radical (unpaired) electrons. The Kier molecular flexibility index (Phi) is 7.97. The lowest BCUT2D eigenvalue weighted by Gasteiger charge is -2.14. The summed E-state index contributed by atoms with van der Waals surface area (Å²) in [7, 11) is -3.36. The van der Waals surface area contributed by atoms with Gasteiger partial charge in [-0.1, -0.05) is 30.3 Å². The largest absolute Gasteiger partial charge is 0.492 e. The summed E-state index contributed by atoms with van der Waals surface area (Å²) in [5, 5.41) is 16.0. The first-order valence-electron chi connectivity index (χ1n) is 9.90. The Hall–Kier alpha value is -2.36. The van der Waals surface area contributed by atoms with Crippen LogP contribution in [0.2, 0.25) is 0 Å². The van der Waals surface area contributed by atoms with E-state index in [9.17, 15) is 13.5 Å². The third-order valence-corrected chi connectivity index (χ3v) is 6.55. The van der Waals surface area contributed by atoms with Crippen LogP contribution in [0.15, 0.2) is 66.7 Å². The van der Waals surface area contributed by atoms with Crippen LogP contribution in [0.3, 0.4) is 0 Å². The molecule has 3 N–H and O–H groups in total. The molecular formula is C23H25ClN2O4S2. The van der Waals surface area contributed by atoms with Crippen LogP contribution in [0.25, 0.3) is 20.2 Å². The van der Waals surface area contributed by atoms with Crippen LogP contribution in [0.4, 0.5) is 5.69 Å². The van der Waals surface area contributed by atoms with Gasteiger partial charge in [-0.2, -0.15) is 0 Å². The maximum Gasteiger partial charge on any atom is 0.229 e. The van der Waals surface area contributed by atoms with Crippen molar-refractivity contribution in [3.63, 3.8) is 0 Å². The highest BCUT2D eigenvalue weighted by molar-refractivity contribution is 7.92. The number of nitrogens with one attached hydrogen (secondary N) is 2. The fraction of sp³-hybridized carbons (Fsp3) is 0.217. The molecule has 0 spiro atoms. The van der Waals surface area contributed by atoms with E-state index in [0.717, 1.165) is 12.0 Å². The quantitative estimate of drug-likeness (QED) is 0.298. The smallest absolute Gasteiger partial charge is 0.229 e. The fourth-order valence-electron chi connectivity index (χ4n) is 3.42. The second-order valence-corrected chi connectivity index (χ2v) is 10.2. The molecule has 4 aromatic rings. The van der Waals surface area contributed by atoms with Gasteiger partial charge in [0.05, 0.1) is 12.4 Å². The average Bonchev–Trinajstić information content (AvgIpc) is 3.10. The van der Waals surface area contributed by atoms with Gasteiger partial charge < -0.3 is 15.2 Å². The fourth-order valence-corrected chi connectivity index (χ4v) is 5.11. The number of thiophene rings is 1. The molecule has 0 aliphatic carbocycles. The van der Waals surface area contributed by atoms with Gasteiger partial charge in [-0.05, 0) is 42.0 Å². The van der Waals surface area contributed by atoms with Gasteiger partial charge in [-0.3, -0.25) is 4.72 Å². The number of ether oxygens (including phenoxy) is 1. The molecule has 0 saturated carbocycles. The van der Waals surface area contributed by atoms with Gasteiger partial charge in [0.25, 0.3) is 0 Å². The Morgan fingerprint density at radius 2 is 1.78 bits per heavy atom. The molecule has 0 aliphatic heterocycles. The molecule has 1 unspecified atom stereocenters. The number of fused-ring (bicyclic) bond motifs is 3. The molecule has 0 amide bonds. The second-order valence-electron chi connectivity index (χ2n) is 7.32. The summed E-state index contributed by atoms with van der Waals surface area (Å²) in [5.74, 6) is 0.820. The topological polar surface area (TPSA) is 87.7 Å². The summed E-state index contributed by atoms with van der Waals surface area (Å²) in [6, 6.07) is 21.3. The van der Waals surface area contributed by atoms with Crippen molar-refractivity contribution in [3.8, 4) is 5.75 Å². The van der Waals surface area contributed by atoms with E-state index in [0.29, 0.717) is 30.9 Å². The summed E-state index contributed by atoms with van der Waals surface area (Å²) >= 11 is 1.75. The Balaban J connectivity index is 0.00000289. The third-order valence-electron chi connectivity index (χ3n) is 4.81. The number of anilines is 1. The number of rotatable bonds is 9. The van der Waals surface area contributed by atoms with Crippen molar-refractivity contribution in [1.82, 2.24) is 5.32 Å². The van der Waals surface area contributed by atoms with Crippen molar-refractivity contribution in [3.05, 3.63) is 72.3 Å². The molecule has 1 heterocycles. The summed E-state index contributed by atoms with van der Waals surface area (Å²) in [5.41, 5.74) is 1.07. The molecule has 0 saturated heterocycles. The molecule has 0 fully saturated rings. The van der Waals surface area contributed by atoms with Crippen molar-refractivity contribution in [1.29, 1.82) is 0 Å². The van der Waals surface area contributed by atoms with E-state index in [-0.39, 0.29) is 12.4 Å². The van der Waals surface area contributed by atoms with Crippen molar-refractivity contribution in [2.45, 2.75) is 6.10 Å². The van der Waals surface area contributed by atoms with Crippen molar-refractivity contribution >= 4 is 59.6 Å². The number of benzene rings is 3. The molecule has 6 nitrogen and oxygen atoms in total. The van der Waals surface area contributed by atoms with Crippen LogP contribution < -0.4 is 14.8 Å². The van der Waals surface area contributed by atoms with Crippen LogP contribution in [0, 0.1) is 0 Å². The van der Waals surface area contributed by atoms with Gasteiger partial charge in [0.2, 0.25) is 10.0 Å². The second kappa shape index (κ2) is 10.5. The molecule has 32 heavy (non-hydrogen) atoms. The predicted octanol–water partition coefficient (Wildman–Crippen LogP) is 4.55. The minimum Gasteiger partial charge on any atom is -0.492 e. The predicted molar refractivity (Wildman–Crippen MR) is 135 cm³/mol. The van der Waals surface area contributed by atoms with Gasteiger partial charge in [-0.15, -0.1) is 23.7 Å². The van der Waals surface area contributed by atoms with Gasteiger partial charge in [0.15, 0.2) is 0 Å². The summed E-state index contributed by atoms with van der Waals surface area (Å²) < 4.78 is 33.5. The molecule has 1 atom stereocenters. The number of aliphatic hydroxyl groups excluding tert-OH is 1. The van der Waals surface area contributed by atoms with E-state index in [1.807, 2.05) is 12.1 Å². The highest BCUT2D eigenvalue weighted by Crippen LogP contribution is 2.35. The number of hydrogen-bond donors (Lipinski definition) is 3. The highest BCUT2D eigenvalue weighted by atomic mass is 35.5. The van der Waals surface area contributed by atoms with Crippen molar-refractivity contribution in [2.24, 2.45) is 0 Å². The normalized spacial score (nSPS) is 12.4. The highest BCUT2D eigenvalue weighted by Gasteiger charge is 2.10. The molecule has 170 valence electrons. The standard InChI is InChI=1S/C23H24N2O4S2.ClH/c1-31(27,28)25-17-6-4-5-16(13-17)21(26)15-24-11-12-29-18-9-10-20-19-7-2-3-8-22(19)30-23(20)14-18;/h2-10,13-14,21,24-26H,11-12,15H2,1H3;1H. The van der Waals surface area contributed by atoms with E-state index >= 15 is 0 Å². The molecule has 3 aromatic carbocycles. The first-order valence-corrected chi connectivity index (χ1v) is 12.6. The molecule has 1 aromatic heterocycles. The van der Waals surface area contributed by atoms with Crippen LogP contribution in [-0.2, 0) is 10.0 Å². The third kappa shape index (κ3) is 6.11. The SMILES string of the molecule is CS(=O)(=O)Nc1cccc(C(O)CNCCOc2ccc3c(c2)sc2ccccc23)c1.Cl.